The molecule has 270 valence electrons. The molecule has 0 amide bonds. The maximum Gasteiger partial charge on any atom is 0.164 e. The average molecular weight is 758 g/mol. The molecule has 0 saturated carbocycles. The van der Waals surface area contributed by atoms with E-state index in [1.165, 1.54) is 47.8 Å². The van der Waals surface area contributed by atoms with E-state index < -0.39 is 0 Å². The molecule has 4 nitrogen and oxygen atoms in total. The van der Waals surface area contributed by atoms with Crippen molar-refractivity contribution < 1.29 is 4.42 Å². The fourth-order valence-corrected chi connectivity index (χ4v) is 9.92. The van der Waals surface area contributed by atoms with Crippen LogP contribution in [0.5, 0.6) is 0 Å². The highest BCUT2D eigenvalue weighted by atomic mass is 32.1. The van der Waals surface area contributed by atoms with Crippen molar-refractivity contribution in [1.82, 2.24) is 15.0 Å². The molecule has 0 aliphatic carbocycles. The van der Waals surface area contributed by atoms with E-state index in [1.807, 2.05) is 29.5 Å². The normalized spacial score (nSPS) is 11.8. The minimum atomic E-state index is 0.591. The highest BCUT2D eigenvalue weighted by molar-refractivity contribution is 7.26. The lowest BCUT2D eigenvalue weighted by atomic mass is 9.93. The van der Waals surface area contributed by atoms with Gasteiger partial charge in [0, 0.05) is 53.2 Å². The first-order chi connectivity index (χ1) is 28.7. The quantitative estimate of drug-likeness (QED) is 0.175. The molecule has 0 bridgehead atoms. The largest absolute Gasteiger partial charge is 0.456 e. The second-order valence-electron chi connectivity index (χ2n) is 14.7. The minimum Gasteiger partial charge on any atom is -0.456 e. The van der Waals surface area contributed by atoms with Gasteiger partial charge in [-0.15, -0.1) is 11.3 Å². The van der Waals surface area contributed by atoms with Gasteiger partial charge in [-0.2, -0.15) is 0 Å². The molecule has 12 rings (SSSR count). The lowest BCUT2D eigenvalue weighted by Gasteiger charge is -2.14. The second kappa shape index (κ2) is 13.1. The Morgan fingerprint density at radius 1 is 0.310 bits per heavy atom. The van der Waals surface area contributed by atoms with E-state index in [9.17, 15) is 0 Å². The van der Waals surface area contributed by atoms with Crippen LogP contribution in [0.25, 0.3) is 120 Å². The van der Waals surface area contributed by atoms with Crippen LogP contribution in [0.4, 0.5) is 0 Å². The average Bonchev–Trinajstić information content (AvgIpc) is 3.87. The Balaban J connectivity index is 1.05. The Hall–Kier alpha value is -7.47. The Labute approximate surface area is 337 Å². The van der Waals surface area contributed by atoms with Gasteiger partial charge in [0.1, 0.15) is 11.2 Å². The molecule has 0 atom stereocenters. The number of benzene rings is 9. The number of thiophene rings is 1. The summed E-state index contributed by atoms with van der Waals surface area (Å²) in [5, 5.41) is 9.23. The van der Waals surface area contributed by atoms with Crippen LogP contribution in [0, 0.1) is 0 Å². The zero-order chi connectivity index (χ0) is 38.2. The van der Waals surface area contributed by atoms with Gasteiger partial charge in [0.15, 0.2) is 17.5 Å². The SMILES string of the molecule is c1ccc(-c2cccc3c2sc2c(-c4ccc(-c5nc(-c6ccc7ccccc7c6)nc(-c6ccc7c(c6)oc6ccccc67)n5)c5ccccc45)cccc23)cc1. The zero-order valence-electron chi connectivity index (χ0n) is 31.1. The van der Waals surface area contributed by atoms with Crippen molar-refractivity contribution in [1.29, 1.82) is 0 Å². The van der Waals surface area contributed by atoms with Crippen LogP contribution in [-0.4, -0.2) is 15.0 Å². The Bertz CT molecular complexity index is 3590. The van der Waals surface area contributed by atoms with Crippen molar-refractivity contribution in [2.24, 2.45) is 0 Å². The molecule has 0 N–H and O–H groups in total. The summed E-state index contributed by atoms with van der Waals surface area (Å²) < 4.78 is 8.89. The molecular formula is C53H31N3OS. The van der Waals surface area contributed by atoms with E-state index >= 15 is 0 Å². The van der Waals surface area contributed by atoms with Crippen LogP contribution in [0.2, 0.25) is 0 Å². The predicted octanol–water partition coefficient (Wildman–Crippen LogP) is 14.8. The van der Waals surface area contributed by atoms with Gasteiger partial charge in [-0.25, -0.2) is 15.0 Å². The van der Waals surface area contributed by atoms with E-state index in [0.717, 1.165) is 54.8 Å². The predicted molar refractivity (Wildman–Crippen MR) is 242 cm³/mol. The van der Waals surface area contributed by atoms with Crippen LogP contribution < -0.4 is 0 Å². The third kappa shape index (κ3) is 5.25. The topological polar surface area (TPSA) is 51.8 Å². The maximum absolute atomic E-state index is 6.31. The number of hydrogen-bond acceptors (Lipinski definition) is 5. The molecule has 0 aliphatic rings. The number of hydrogen-bond donors (Lipinski definition) is 0. The van der Waals surface area contributed by atoms with E-state index in [-0.39, 0.29) is 0 Å². The van der Waals surface area contributed by atoms with E-state index in [1.54, 1.807) is 0 Å². The Morgan fingerprint density at radius 3 is 1.69 bits per heavy atom. The van der Waals surface area contributed by atoms with Crippen molar-refractivity contribution >= 4 is 75.0 Å². The lowest BCUT2D eigenvalue weighted by molar-refractivity contribution is 0.669. The smallest absolute Gasteiger partial charge is 0.164 e. The van der Waals surface area contributed by atoms with E-state index in [0.29, 0.717) is 17.5 Å². The number of furan rings is 1. The molecule has 3 aromatic heterocycles. The fraction of sp³-hybridized carbons (Fsp3) is 0. The van der Waals surface area contributed by atoms with Gasteiger partial charge in [-0.05, 0) is 68.6 Å². The molecule has 0 spiro atoms. The number of nitrogens with zero attached hydrogens (tertiary/aromatic N) is 3. The summed E-state index contributed by atoms with van der Waals surface area (Å²) in [5.41, 5.74) is 9.29. The first kappa shape index (κ1) is 32.7. The van der Waals surface area contributed by atoms with Gasteiger partial charge >= 0.3 is 0 Å². The van der Waals surface area contributed by atoms with Gasteiger partial charge in [0.25, 0.3) is 0 Å². The van der Waals surface area contributed by atoms with E-state index in [4.69, 9.17) is 19.4 Å². The standard InChI is InChI=1S/C53H31N3OS/c1-2-13-33(14-3-1)37-19-10-21-44-45-22-11-20-43(50(45)58-49(37)44)40-28-29-46(39-17-7-6-16-38(39)40)53-55-51(35-25-24-32-12-4-5-15-34(32)30-35)54-52(56-53)36-26-27-42-41-18-8-9-23-47(41)57-48(42)31-36/h1-31H. The molecule has 58 heavy (non-hydrogen) atoms. The number of para-hydroxylation sites is 1. The maximum atomic E-state index is 6.31. The van der Waals surface area contributed by atoms with Crippen LogP contribution in [0.3, 0.4) is 0 Å². The molecule has 9 aromatic carbocycles. The van der Waals surface area contributed by atoms with Gasteiger partial charge in [-0.3, -0.25) is 0 Å². The summed E-state index contributed by atoms with van der Waals surface area (Å²) in [6.07, 6.45) is 0. The van der Waals surface area contributed by atoms with Crippen LogP contribution in [-0.2, 0) is 0 Å². The summed E-state index contributed by atoms with van der Waals surface area (Å²) >= 11 is 1.87. The van der Waals surface area contributed by atoms with E-state index in [2.05, 4.69) is 170 Å². The molecule has 0 unspecified atom stereocenters. The number of rotatable bonds is 5. The summed E-state index contributed by atoms with van der Waals surface area (Å²) in [5.74, 6) is 1.83. The Kier molecular flexibility index (Phi) is 7.37. The summed E-state index contributed by atoms with van der Waals surface area (Å²) in [6, 6.07) is 66.3. The van der Waals surface area contributed by atoms with Crippen LogP contribution in [0.15, 0.2) is 192 Å². The molecule has 5 heteroatoms. The summed E-state index contributed by atoms with van der Waals surface area (Å²) in [4.78, 5) is 15.6. The van der Waals surface area contributed by atoms with Crippen molar-refractivity contribution in [2.75, 3.05) is 0 Å². The highest BCUT2D eigenvalue weighted by Gasteiger charge is 2.20. The monoisotopic (exact) mass is 757 g/mol. The minimum absolute atomic E-state index is 0.591. The fourth-order valence-electron chi connectivity index (χ4n) is 8.55. The number of aromatic nitrogens is 3. The first-order valence-electron chi connectivity index (χ1n) is 19.4. The van der Waals surface area contributed by atoms with Crippen molar-refractivity contribution in [3.05, 3.63) is 188 Å². The first-order valence-corrected chi connectivity index (χ1v) is 20.2. The molecule has 3 heterocycles. The van der Waals surface area contributed by atoms with Gasteiger partial charge < -0.3 is 4.42 Å². The van der Waals surface area contributed by atoms with Crippen molar-refractivity contribution in [3.63, 3.8) is 0 Å². The number of fused-ring (bicyclic) bond motifs is 8. The van der Waals surface area contributed by atoms with Crippen molar-refractivity contribution in [3.8, 4) is 56.4 Å². The lowest BCUT2D eigenvalue weighted by Crippen LogP contribution is -2.01. The zero-order valence-corrected chi connectivity index (χ0v) is 31.9. The van der Waals surface area contributed by atoms with Gasteiger partial charge in [-0.1, -0.05) is 158 Å². The van der Waals surface area contributed by atoms with Crippen molar-refractivity contribution in [2.45, 2.75) is 0 Å². The molecule has 0 radical (unpaired) electrons. The third-order valence-corrected chi connectivity index (χ3v) is 12.6. The second-order valence-corrected chi connectivity index (χ2v) is 15.7. The molecular weight excluding hydrogens is 727 g/mol. The van der Waals surface area contributed by atoms with Gasteiger partial charge in [0.2, 0.25) is 0 Å². The molecule has 0 saturated heterocycles. The van der Waals surface area contributed by atoms with Crippen LogP contribution >= 0.6 is 11.3 Å². The summed E-state index contributed by atoms with van der Waals surface area (Å²) in [6.45, 7) is 0. The van der Waals surface area contributed by atoms with Gasteiger partial charge in [0.05, 0.1) is 0 Å². The highest BCUT2D eigenvalue weighted by Crippen LogP contribution is 2.46. The Morgan fingerprint density at radius 2 is 0.879 bits per heavy atom. The molecule has 12 aromatic rings. The third-order valence-electron chi connectivity index (χ3n) is 11.3. The van der Waals surface area contributed by atoms with Crippen LogP contribution in [0.1, 0.15) is 0 Å². The molecule has 0 fully saturated rings. The summed E-state index contributed by atoms with van der Waals surface area (Å²) in [7, 11) is 0. The molecule has 0 aliphatic heterocycles.